The van der Waals surface area contributed by atoms with E-state index in [9.17, 15) is 9.18 Å². The van der Waals surface area contributed by atoms with Crippen LogP contribution in [0.15, 0.2) is 18.2 Å². The normalized spacial score (nSPS) is 19.9. The third kappa shape index (κ3) is 3.77. The molecule has 0 saturated carbocycles. The molecule has 20 heavy (non-hydrogen) atoms. The van der Waals surface area contributed by atoms with Gasteiger partial charge in [0.25, 0.3) is 0 Å². The van der Waals surface area contributed by atoms with Crippen molar-refractivity contribution >= 4 is 5.78 Å². The first-order chi connectivity index (χ1) is 9.60. The first kappa shape index (κ1) is 14.9. The standard InChI is InChI=1S/C15H20FNO3/c1-3-17-6-7-19-13(9-17)10-20-12-4-5-14(11(2)18)15(16)8-12/h4-5,8,13H,3,6-7,9-10H2,1-2H3. The SMILES string of the molecule is CCN1CCOC(COc2ccc(C(C)=O)c(F)c2)C1. The summed E-state index contributed by atoms with van der Waals surface area (Å²) in [4.78, 5) is 13.4. The number of morpholine rings is 1. The van der Waals surface area contributed by atoms with Crippen molar-refractivity contribution in [3.63, 3.8) is 0 Å². The van der Waals surface area contributed by atoms with Gasteiger partial charge in [-0.1, -0.05) is 6.92 Å². The summed E-state index contributed by atoms with van der Waals surface area (Å²) in [6, 6.07) is 4.31. The molecule has 1 aromatic rings. The number of carbonyl (C=O) groups is 1. The minimum atomic E-state index is -0.547. The molecular formula is C15H20FNO3. The molecule has 1 fully saturated rings. The van der Waals surface area contributed by atoms with Crippen molar-refractivity contribution in [2.45, 2.75) is 20.0 Å². The Morgan fingerprint density at radius 3 is 3.00 bits per heavy atom. The lowest BCUT2D eigenvalue weighted by molar-refractivity contribution is -0.0464. The third-order valence-corrected chi connectivity index (χ3v) is 3.43. The Labute approximate surface area is 118 Å². The van der Waals surface area contributed by atoms with Crippen molar-refractivity contribution in [3.05, 3.63) is 29.6 Å². The van der Waals surface area contributed by atoms with Gasteiger partial charge in [-0.15, -0.1) is 0 Å². The summed E-state index contributed by atoms with van der Waals surface area (Å²) in [5.41, 5.74) is 0.0865. The van der Waals surface area contributed by atoms with Crippen molar-refractivity contribution in [1.29, 1.82) is 0 Å². The number of rotatable bonds is 5. The van der Waals surface area contributed by atoms with Crippen LogP contribution in [0.4, 0.5) is 4.39 Å². The summed E-state index contributed by atoms with van der Waals surface area (Å²) in [6.45, 7) is 7.28. The number of carbonyl (C=O) groups excluding carboxylic acids is 1. The van der Waals surface area contributed by atoms with Crippen molar-refractivity contribution in [2.24, 2.45) is 0 Å². The second-order valence-electron chi connectivity index (χ2n) is 4.89. The molecule has 2 rings (SSSR count). The van der Waals surface area contributed by atoms with Crippen molar-refractivity contribution < 1.29 is 18.7 Å². The molecule has 1 unspecified atom stereocenters. The molecule has 0 aliphatic carbocycles. The maximum atomic E-state index is 13.6. The summed E-state index contributed by atoms with van der Waals surface area (Å²) in [5, 5.41) is 0. The monoisotopic (exact) mass is 281 g/mol. The van der Waals surface area contributed by atoms with Crippen molar-refractivity contribution in [2.75, 3.05) is 32.8 Å². The Morgan fingerprint density at radius 1 is 1.55 bits per heavy atom. The fourth-order valence-corrected chi connectivity index (χ4v) is 2.23. The molecule has 1 aromatic carbocycles. The van der Waals surface area contributed by atoms with Crippen LogP contribution in [0.5, 0.6) is 5.75 Å². The van der Waals surface area contributed by atoms with Gasteiger partial charge in [-0.25, -0.2) is 4.39 Å². The average molecular weight is 281 g/mol. The number of ether oxygens (including phenoxy) is 2. The number of hydrogen-bond acceptors (Lipinski definition) is 4. The highest BCUT2D eigenvalue weighted by molar-refractivity contribution is 5.94. The molecule has 0 spiro atoms. The van der Waals surface area contributed by atoms with Gasteiger partial charge < -0.3 is 9.47 Å². The van der Waals surface area contributed by atoms with E-state index in [4.69, 9.17) is 9.47 Å². The highest BCUT2D eigenvalue weighted by Crippen LogP contribution is 2.18. The number of likely N-dealkylation sites (N-methyl/N-ethyl adjacent to an activating group) is 1. The van der Waals surface area contributed by atoms with Crippen LogP contribution in [0.25, 0.3) is 0 Å². The van der Waals surface area contributed by atoms with Crippen LogP contribution in [0.2, 0.25) is 0 Å². The minimum Gasteiger partial charge on any atom is -0.491 e. The van der Waals surface area contributed by atoms with E-state index < -0.39 is 5.82 Å². The summed E-state index contributed by atoms with van der Waals surface area (Å²) in [6.07, 6.45) is -0.000699. The molecule has 5 heteroatoms. The maximum Gasteiger partial charge on any atom is 0.162 e. The van der Waals surface area contributed by atoms with Crippen LogP contribution < -0.4 is 4.74 Å². The summed E-state index contributed by atoms with van der Waals surface area (Å²) in [5.74, 6) is -0.414. The highest BCUT2D eigenvalue weighted by Gasteiger charge is 2.20. The van der Waals surface area contributed by atoms with Gasteiger partial charge in [0.2, 0.25) is 0 Å². The van der Waals surface area contributed by atoms with Crippen LogP contribution in [0.1, 0.15) is 24.2 Å². The van der Waals surface area contributed by atoms with Crippen LogP contribution >= 0.6 is 0 Å². The Kier molecular flexibility index (Phi) is 5.09. The smallest absolute Gasteiger partial charge is 0.162 e. The third-order valence-electron chi connectivity index (χ3n) is 3.43. The number of ketones is 1. The number of Topliss-reactive ketones (excluding diaryl/α,β-unsaturated/α-hetero) is 1. The Balaban J connectivity index is 1.91. The van der Waals surface area contributed by atoms with Gasteiger partial charge in [0.1, 0.15) is 24.3 Å². The van der Waals surface area contributed by atoms with E-state index in [2.05, 4.69) is 11.8 Å². The lowest BCUT2D eigenvalue weighted by Crippen LogP contribution is -2.44. The van der Waals surface area contributed by atoms with Crippen LogP contribution in [-0.4, -0.2) is 49.6 Å². The maximum absolute atomic E-state index is 13.6. The minimum absolute atomic E-state index is 0.000699. The van der Waals surface area contributed by atoms with E-state index in [1.807, 2.05) is 0 Å². The topological polar surface area (TPSA) is 38.8 Å². The summed E-state index contributed by atoms with van der Waals surface area (Å²) < 4.78 is 24.8. The van der Waals surface area contributed by atoms with Crippen molar-refractivity contribution in [3.8, 4) is 5.75 Å². The van der Waals surface area contributed by atoms with Gasteiger partial charge in [-0.05, 0) is 25.6 Å². The molecule has 0 N–H and O–H groups in total. The summed E-state index contributed by atoms with van der Waals surface area (Å²) in [7, 11) is 0. The fourth-order valence-electron chi connectivity index (χ4n) is 2.23. The Bertz CT molecular complexity index is 478. The molecule has 0 bridgehead atoms. The van der Waals surface area contributed by atoms with Gasteiger partial charge in [-0.3, -0.25) is 9.69 Å². The largest absolute Gasteiger partial charge is 0.491 e. The zero-order valence-electron chi connectivity index (χ0n) is 11.9. The molecule has 110 valence electrons. The predicted octanol–water partition coefficient (Wildman–Crippen LogP) is 2.13. The van der Waals surface area contributed by atoms with E-state index in [0.717, 1.165) is 19.6 Å². The van der Waals surface area contributed by atoms with Crippen LogP contribution in [-0.2, 0) is 4.74 Å². The van der Waals surface area contributed by atoms with Gasteiger partial charge in [0.15, 0.2) is 5.78 Å². The molecule has 1 heterocycles. The number of nitrogens with zero attached hydrogens (tertiary/aromatic N) is 1. The van der Waals surface area contributed by atoms with E-state index in [1.54, 1.807) is 6.07 Å². The van der Waals surface area contributed by atoms with Crippen LogP contribution in [0, 0.1) is 5.82 Å². The zero-order valence-corrected chi connectivity index (χ0v) is 11.9. The number of benzene rings is 1. The van der Waals surface area contributed by atoms with E-state index in [-0.39, 0.29) is 17.5 Å². The van der Waals surface area contributed by atoms with Gasteiger partial charge in [-0.2, -0.15) is 0 Å². The molecule has 0 radical (unpaired) electrons. The van der Waals surface area contributed by atoms with Gasteiger partial charge in [0, 0.05) is 19.2 Å². The zero-order chi connectivity index (χ0) is 14.5. The second-order valence-corrected chi connectivity index (χ2v) is 4.89. The molecule has 4 nitrogen and oxygen atoms in total. The molecule has 1 saturated heterocycles. The fraction of sp³-hybridized carbons (Fsp3) is 0.533. The van der Waals surface area contributed by atoms with E-state index >= 15 is 0 Å². The van der Waals surface area contributed by atoms with Crippen LogP contribution in [0.3, 0.4) is 0 Å². The lowest BCUT2D eigenvalue weighted by Gasteiger charge is -2.31. The molecule has 0 amide bonds. The molecule has 1 atom stereocenters. The molecule has 1 aliphatic rings. The lowest BCUT2D eigenvalue weighted by atomic mass is 10.1. The first-order valence-corrected chi connectivity index (χ1v) is 6.87. The van der Waals surface area contributed by atoms with E-state index in [0.29, 0.717) is 19.0 Å². The molecular weight excluding hydrogens is 261 g/mol. The molecule has 0 aromatic heterocycles. The van der Waals surface area contributed by atoms with Gasteiger partial charge >= 0.3 is 0 Å². The summed E-state index contributed by atoms with van der Waals surface area (Å²) >= 11 is 0. The predicted molar refractivity (Wildman–Crippen MR) is 73.8 cm³/mol. The first-order valence-electron chi connectivity index (χ1n) is 6.87. The number of hydrogen-bond donors (Lipinski definition) is 0. The Hall–Kier alpha value is -1.46. The Morgan fingerprint density at radius 2 is 2.35 bits per heavy atom. The number of halogens is 1. The molecule has 1 aliphatic heterocycles. The van der Waals surface area contributed by atoms with Gasteiger partial charge in [0.05, 0.1) is 12.2 Å². The highest BCUT2D eigenvalue weighted by atomic mass is 19.1. The second kappa shape index (κ2) is 6.81. The van der Waals surface area contributed by atoms with E-state index in [1.165, 1.54) is 19.1 Å². The van der Waals surface area contributed by atoms with Crippen molar-refractivity contribution in [1.82, 2.24) is 4.90 Å². The average Bonchev–Trinajstić information content (AvgIpc) is 2.45. The quantitative estimate of drug-likeness (QED) is 0.775.